The summed E-state index contributed by atoms with van der Waals surface area (Å²) in [5.41, 5.74) is 4.71. The SMILES string of the molecule is CN1CCNCC1.NC(=S)S.[H-].[Na+]. The quantitative estimate of drug-likeness (QED) is 0.227. The first kappa shape index (κ1) is 15.6. The fourth-order valence-corrected chi connectivity index (χ4v) is 0.777. The van der Waals surface area contributed by atoms with Crippen LogP contribution in [0.25, 0.3) is 0 Å². The van der Waals surface area contributed by atoms with Crippen molar-refractivity contribution in [3.63, 3.8) is 0 Å². The van der Waals surface area contributed by atoms with E-state index < -0.39 is 0 Å². The molecule has 0 spiro atoms. The van der Waals surface area contributed by atoms with Gasteiger partial charge in [-0.3, -0.25) is 0 Å². The van der Waals surface area contributed by atoms with Crippen molar-refractivity contribution in [1.82, 2.24) is 10.2 Å². The number of likely N-dealkylation sites (N-methyl/N-ethyl adjacent to an activating group) is 1. The van der Waals surface area contributed by atoms with Gasteiger partial charge in [-0.05, 0) is 7.05 Å². The number of thiocarbonyl (C=S) groups is 1. The van der Waals surface area contributed by atoms with Crippen molar-refractivity contribution in [2.45, 2.75) is 0 Å². The van der Waals surface area contributed by atoms with Gasteiger partial charge < -0.3 is 17.4 Å². The Bertz CT molecular complexity index is 118. The number of nitrogens with zero attached hydrogens (tertiary/aromatic N) is 1. The Morgan fingerprint density at radius 2 is 1.92 bits per heavy atom. The van der Waals surface area contributed by atoms with Gasteiger partial charge >= 0.3 is 29.6 Å². The molecule has 0 radical (unpaired) electrons. The number of hydrogen-bond acceptors (Lipinski definition) is 3. The molecule has 0 aromatic carbocycles. The third-order valence-corrected chi connectivity index (χ3v) is 1.34. The van der Waals surface area contributed by atoms with E-state index in [1.54, 1.807) is 0 Å². The van der Waals surface area contributed by atoms with Gasteiger partial charge in [0.15, 0.2) is 0 Å². The Morgan fingerprint density at radius 1 is 1.58 bits per heavy atom. The van der Waals surface area contributed by atoms with Gasteiger partial charge in [-0.15, -0.1) is 12.6 Å². The molecule has 1 fully saturated rings. The molecule has 0 aromatic heterocycles. The smallest absolute Gasteiger partial charge is 1.00 e. The molecule has 0 aliphatic carbocycles. The Balaban J connectivity index is -0.000000150. The van der Waals surface area contributed by atoms with Crippen LogP contribution in [0, 0.1) is 0 Å². The third-order valence-electron chi connectivity index (χ3n) is 1.34. The van der Waals surface area contributed by atoms with Crippen LogP contribution in [0.2, 0.25) is 0 Å². The second kappa shape index (κ2) is 10.2. The number of thiol groups is 1. The fourth-order valence-electron chi connectivity index (χ4n) is 0.777. The van der Waals surface area contributed by atoms with Gasteiger partial charge in [-0.25, -0.2) is 0 Å². The zero-order valence-electron chi connectivity index (χ0n) is 8.71. The van der Waals surface area contributed by atoms with Crippen LogP contribution < -0.4 is 40.6 Å². The van der Waals surface area contributed by atoms with Crippen molar-refractivity contribution in [2.75, 3.05) is 33.2 Å². The van der Waals surface area contributed by atoms with Gasteiger partial charge in [0.1, 0.15) is 4.32 Å². The molecule has 1 aliphatic rings. The predicted molar refractivity (Wildman–Crippen MR) is 57.3 cm³/mol. The molecule has 0 bridgehead atoms. The average Bonchev–Trinajstić information content (AvgIpc) is 1.87. The van der Waals surface area contributed by atoms with E-state index in [2.05, 4.69) is 42.1 Å². The molecule has 3 N–H and O–H groups in total. The summed E-state index contributed by atoms with van der Waals surface area (Å²) >= 11 is 7.65. The Labute approximate surface area is 109 Å². The minimum atomic E-state index is 0. The van der Waals surface area contributed by atoms with Crippen molar-refractivity contribution in [3.05, 3.63) is 0 Å². The summed E-state index contributed by atoms with van der Waals surface area (Å²) in [5.74, 6) is 0. The second-order valence-corrected chi connectivity index (χ2v) is 3.62. The second-order valence-electron chi connectivity index (χ2n) is 2.39. The van der Waals surface area contributed by atoms with Crippen LogP contribution in [-0.2, 0) is 0 Å². The van der Waals surface area contributed by atoms with Crippen LogP contribution in [0.4, 0.5) is 0 Å². The molecule has 1 aliphatic heterocycles. The van der Waals surface area contributed by atoms with Crippen LogP contribution in [0.3, 0.4) is 0 Å². The Kier molecular flexibility index (Phi) is 13.3. The number of piperazine rings is 1. The monoisotopic (exact) mass is 217 g/mol. The molecule has 0 unspecified atom stereocenters. The maximum atomic E-state index is 4.71. The normalized spacial score (nSPS) is 16.8. The minimum Gasteiger partial charge on any atom is -1.00 e. The molecule has 0 amide bonds. The molecule has 0 atom stereocenters. The van der Waals surface area contributed by atoms with Crippen LogP contribution >= 0.6 is 24.8 Å². The van der Waals surface area contributed by atoms with E-state index in [-0.39, 0.29) is 35.3 Å². The number of nitrogens with one attached hydrogen (secondary N) is 1. The molecule has 0 aromatic rings. The van der Waals surface area contributed by atoms with Gasteiger partial charge in [0.25, 0.3) is 0 Å². The zero-order chi connectivity index (χ0) is 8.69. The number of hydrogen-bond donors (Lipinski definition) is 3. The van der Waals surface area contributed by atoms with Gasteiger partial charge in [0.05, 0.1) is 0 Å². The van der Waals surface area contributed by atoms with Crippen molar-refractivity contribution < 1.29 is 31.0 Å². The number of rotatable bonds is 0. The molecule has 0 saturated carbocycles. The zero-order valence-corrected chi connectivity index (χ0v) is 11.4. The molecule has 1 heterocycles. The summed E-state index contributed by atoms with van der Waals surface area (Å²) in [6, 6.07) is 0. The Hall–Kier alpha value is 1.16. The van der Waals surface area contributed by atoms with Gasteiger partial charge in [-0.2, -0.15) is 0 Å². The van der Waals surface area contributed by atoms with Crippen molar-refractivity contribution in [2.24, 2.45) is 5.73 Å². The van der Waals surface area contributed by atoms with Gasteiger partial charge in [0, 0.05) is 26.2 Å². The van der Waals surface area contributed by atoms with E-state index in [1.165, 1.54) is 13.1 Å². The first-order valence-electron chi connectivity index (χ1n) is 3.50. The predicted octanol–water partition coefficient (Wildman–Crippen LogP) is -3.20. The summed E-state index contributed by atoms with van der Waals surface area (Å²) in [6.45, 7) is 4.74. The van der Waals surface area contributed by atoms with E-state index >= 15 is 0 Å². The summed E-state index contributed by atoms with van der Waals surface area (Å²) in [5, 5.41) is 3.27. The summed E-state index contributed by atoms with van der Waals surface area (Å²) in [6.07, 6.45) is 0. The first-order valence-corrected chi connectivity index (χ1v) is 4.36. The van der Waals surface area contributed by atoms with E-state index in [1.807, 2.05) is 0 Å². The van der Waals surface area contributed by atoms with Crippen LogP contribution in [0.15, 0.2) is 0 Å². The Morgan fingerprint density at radius 3 is 2.08 bits per heavy atom. The number of nitrogens with two attached hydrogens (primary N) is 1. The topological polar surface area (TPSA) is 41.3 Å². The molecule has 6 heteroatoms. The van der Waals surface area contributed by atoms with E-state index in [0.717, 1.165) is 13.1 Å². The average molecular weight is 217 g/mol. The molecule has 3 nitrogen and oxygen atoms in total. The largest absolute Gasteiger partial charge is 1.00 e. The maximum Gasteiger partial charge on any atom is 1.00 e. The molecule has 1 rings (SSSR count). The van der Waals surface area contributed by atoms with E-state index in [9.17, 15) is 0 Å². The molecular formula is C6H16N3NaS2. The third kappa shape index (κ3) is 13.7. The molecule has 68 valence electrons. The van der Waals surface area contributed by atoms with Gasteiger partial charge in [0.2, 0.25) is 0 Å². The fraction of sp³-hybridized carbons (Fsp3) is 0.833. The van der Waals surface area contributed by atoms with Crippen molar-refractivity contribution in [3.8, 4) is 0 Å². The van der Waals surface area contributed by atoms with E-state index in [0.29, 0.717) is 0 Å². The molecule has 12 heavy (non-hydrogen) atoms. The summed E-state index contributed by atoms with van der Waals surface area (Å²) in [7, 11) is 2.15. The standard InChI is InChI=1S/C5H12N2.CH3NS2.Na.H/c1-7-4-2-6-3-5-7;2-1(3)4;;/h6H,2-5H2,1H3;(H3,2,3,4);;/q;;+1;-1. The van der Waals surface area contributed by atoms with Gasteiger partial charge in [-0.1, -0.05) is 12.2 Å². The van der Waals surface area contributed by atoms with E-state index in [4.69, 9.17) is 5.73 Å². The molecular weight excluding hydrogens is 201 g/mol. The van der Waals surface area contributed by atoms with Crippen LogP contribution in [0.1, 0.15) is 1.43 Å². The van der Waals surface area contributed by atoms with Crippen molar-refractivity contribution >= 4 is 29.2 Å². The summed E-state index contributed by atoms with van der Waals surface area (Å²) < 4.78 is 0.194. The summed E-state index contributed by atoms with van der Waals surface area (Å²) in [4.78, 5) is 2.33. The first-order chi connectivity index (χ1) is 5.13. The maximum absolute atomic E-state index is 4.71. The van der Waals surface area contributed by atoms with Crippen molar-refractivity contribution in [1.29, 1.82) is 0 Å². The minimum absolute atomic E-state index is 0. The van der Waals surface area contributed by atoms with Crippen LogP contribution in [-0.4, -0.2) is 42.4 Å². The molecule has 1 saturated heterocycles. The van der Waals surface area contributed by atoms with Crippen LogP contribution in [0.5, 0.6) is 0 Å².